The monoisotopic (exact) mass is 396 g/mol. The lowest BCUT2D eigenvalue weighted by molar-refractivity contribution is 0.281. The van der Waals surface area contributed by atoms with Crippen LogP contribution in [0.1, 0.15) is 11.1 Å². The summed E-state index contributed by atoms with van der Waals surface area (Å²) >= 11 is 3.43. The van der Waals surface area contributed by atoms with Crippen molar-refractivity contribution >= 4 is 15.9 Å². The topological polar surface area (TPSA) is 46.2 Å². The minimum atomic E-state index is 0.348. The van der Waals surface area contributed by atoms with Crippen LogP contribution in [-0.4, -0.2) is 28.4 Å². The van der Waals surface area contributed by atoms with Crippen LogP contribution < -0.4 is 23.7 Å². The molecule has 0 heterocycles. The molecule has 0 N–H and O–H groups in total. The van der Waals surface area contributed by atoms with Gasteiger partial charge in [-0.3, -0.25) is 0 Å². The number of halogens is 1. The largest absolute Gasteiger partial charge is 0.493 e. The molecule has 2 aromatic rings. The van der Waals surface area contributed by atoms with Gasteiger partial charge in [0.15, 0.2) is 23.0 Å². The number of hydrogen-bond acceptors (Lipinski definition) is 5. The molecule has 5 nitrogen and oxygen atoms in total. The van der Waals surface area contributed by atoms with E-state index in [1.165, 1.54) is 0 Å². The quantitative estimate of drug-likeness (QED) is 0.625. The van der Waals surface area contributed by atoms with E-state index >= 15 is 0 Å². The Labute approximate surface area is 150 Å². The summed E-state index contributed by atoms with van der Waals surface area (Å²) in [6.45, 7) is 0.348. The third-order valence-corrected chi connectivity index (χ3v) is 4.15. The minimum Gasteiger partial charge on any atom is -0.493 e. The van der Waals surface area contributed by atoms with Crippen molar-refractivity contribution in [1.82, 2.24) is 0 Å². The predicted octanol–water partition coefficient (Wildman–Crippen LogP) is 4.19. The highest BCUT2D eigenvalue weighted by atomic mass is 79.9. The van der Waals surface area contributed by atoms with Gasteiger partial charge in [0, 0.05) is 5.33 Å². The number of ether oxygens (including phenoxy) is 5. The standard InChI is InChI=1S/C18H21BrO5/c1-20-15-7-12(10-19)5-6-14(15)24-11-13-8-16(21-2)18(23-4)17(9-13)22-3/h5-9H,10-11H2,1-4H3. The summed E-state index contributed by atoms with van der Waals surface area (Å²) in [4.78, 5) is 0. The first kappa shape index (κ1) is 18.3. The fraction of sp³-hybridized carbons (Fsp3) is 0.333. The minimum absolute atomic E-state index is 0.348. The third-order valence-electron chi connectivity index (χ3n) is 3.50. The lowest BCUT2D eigenvalue weighted by Crippen LogP contribution is -2.01. The highest BCUT2D eigenvalue weighted by Crippen LogP contribution is 2.38. The molecule has 6 heteroatoms. The second-order valence-electron chi connectivity index (χ2n) is 4.94. The molecular formula is C18H21BrO5. The molecular weight excluding hydrogens is 376 g/mol. The van der Waals surface area contributed by atoms with Crippen LogP contribution in [0.4, 0.5) is 0 Å². The van der Waals surface area contributed by atoms with Crippen LogP contribution in [0.15, 0.2) is 30.3 Å². The summed E-state index contributed by atoms with van der Waals surface area (Å²) in [7, 11) is 6.38. The smallest absolute Gasteiger partial charge is 0.203 e. The molecule has 0 unspecified atom stereocenters. The summed E-state index contributed by atoms with van der Waals surface area (Å²) in [5.41, 5.74) is 2.02. The SMILES string of the molecule is COc1cc(CBr)ccc1OCc1cc(OC)c(OC)c(OC)c1. The zero-order chi connectivity index (χ0) is 17.5. The van der Waals surface area contributed by atoms with E-state index in [1.54, 1.807) is 28.4 Å². The maximum atomic E-state index is 5.89. The van der Waals surface area contributed by atoms with E-state index in [0.717, 1.165) is 16.5 Å². The molecule has 0 fully saturated rings. The Morgan fingerprint density at radius 1 is 0.708 bits per heavy atom. The zero-order valence-electron chi connectivity index (χ0n) is 14.2. The second-order valence-corrected chi connectivity index (χ2v) is 5.50. The van der Waals surface area contributed by atoms with Crippen molar-refractivity contribution in [2.75, 3.05) is 28.4 Å². The van der Waals surface area contributed by atoms with Crippen LogP contribution in [0, 0.1) is 0 Å². The molecule has 0 spiro atoms. The van der Waals surface area contributed by atoms with Crippen molar-refractivity contribution < 1.29 is 23.7 Å². The van der Waals surface area contributed by atoms with Gasteiger partial charge in [-0.05, 0) is 35.4 Å². The van der Waals surface area contributed by atoms with Crippen LogP contribution in [0.5, 0.6) is 28.7 Å². The normalized spacial score (nSPS) is 10.2. The first-order valence-corrected chi connectivity index (χ1v) is 8.43. The van der Waals surface area contributed by atoms with E-state index in [-0.39, 0.29) is 0 Å². The molecule has 0 atom stereocenters. The Morgan fingerprint density at radius 2 is 1.29 bits per heavy atom. The summed E-state index contributed by atoms with van der Waals surface area (Å²) in [5.74, 6) is 3.12. The lowest BCUT2D eigenvalue weighted by Gasteiger charge is -2.15. The maximum Gasteiger partial charge on any atom is 0.203 e. The Hall–Kier alpha value is -2.08. The molecule has 0 aliphatic heterocycles. The van der Waals surface area contributed by atoms with E-state index < -0.39 is 0 Å². The van der Waals surface area contributed by atoms with Gasteiger partial charge in [0.05, 0.1) is 28.4 Å². The average Bonchev–Trinajstić information content (AvgIpc) is 2.64. The Kier molecular flexibility index (Phi) is 6.61. The highest BCUT2D eigenvalue weighted by molar-refractivity contribution is 9.08. The van der Waals surface area contributed by atoms with Crippen molar-refractivity contribution in [3.63, 3.8) is 0 Å². The summed E-state index contributed by atoms with van der Waals surface area (Å²) in [5, 5.41) is 0.760. The lowest BCUT2D eigenvalue weighted by atomic mass is 10.2. The first-order chi connectivity index (χ1) is 11.7. The van der Waals surface area contributed by atoms with Gasteiger partial charge in [-0.25, -0.2) is 0 Å². The molecule has 24 heavy (non-hydrogen) atoms. The molecule has 0 radical (unpaired) electrons. The number of rotatable bonds is 8. The Bertz CT molecular complexity index is 662. The van der Waals surface area contributed by atoms with Gasteiger partial charge < -0.3 is 23.7 Å². The third kappa shape index (κ3) is 4.06. The predicted molar refractivity (Wildman–Crippen MR) is 96.1 cm³/mol. The number of methoxy groups -OCH3 is 4. The van der Waals surface area contributed by atoms with Crippen molar-refractivity contribution in [2.45, 2.75) is 11.9 Å². The highest BCUT2D eigenvalue weighted by Gasteiger charge is 2.14. The molecule has 0 aliphatic carbocycles. The number of hydrogen-bond donors (Lipinski definition) is 0. The average molecular weight is 397 g/mol. The Morgan fingerprint density at radius 3 is 1.79 bits per heavy atom. The fourth-order valence-electron chi connectivity index (χ4n) is 2.29. The van der Waals surface area contributed by atoms with E-state index in [1.807, 2.05) is 30.3 Å². The van der Waals surface area contributed by atoms with Gasteiger partial charge in [0.25, 0.3) is 0 Å². The summed E-state index contributed by atoms with van der Waals surface area (Å²) in [6, 6.07) is 9.55. The summed E-state index contributed by atoms with van der Waals surface area (Å²) in [6.07, 6.45) is 0. The van der Waals surface area contributed by atoms with Crippen LogP contribution >= 0.6 is 15.9 Å². The van der Waals surface area contributed by atoms with Crippen LogP contribution in [0.25, 0.3) is 0 Å². The van der Waals surface area contributed by atoms with Gasteiger partial charge in [-0.2, -0.15) is 0 Å². The molecule has 0 aromatic heterocycles. The molecule has 2 rings (SSSR count). The van der Waals surface area contributed by atoms with Crippen molar-refractivity contribution in [1.29, 1.82) is 0 Å². The second kappa shape index (κ2) is 8.68. The van der Waals surface area contributed by atoms with Gasteiger partial charge in [0.2, 0.25) is 5.75 Å². The van der Waals surface area contributed by atoms with E-state index in [0.29, 0.717) is 35.4 Å². The molecule has 130 valence electrons. The molecule has 0 saturated heterocycles. The maximum absolute atomic E-state index is 5.89. The van der Waals surface area contributed by atoms with Gasteiger partial charge in [-0.15, -0.1) is 0 Å². The first-order valence-electron chi connectivity index (χ1n) is 7.31. The molecule has 0 aliphatic rings. The summed E-state index contributed by atoms with van der Waals surface area (Å²) < 4.78 is 27.3. The molecule has 2 aromatic carbocycles. The van der Waals surface area contributed by atoms with Gasteiger partial charge in [-0.1, -0.05) is 22.0 Å². The van der Waals surface area contributed by atoms with Gasteiger partial charge >= 0.3 is 0 Å². The van der Waals surface area contributed by atoms with Crippen LogP contribution in [0.3, 0.4) is 0 Å². The van der Waals surface area contributed by atoms with E-state index in [4.69, 9.17) is 23.7 Å². The van der Waals surface area contributed by atoms with Crippen molar-refractivity contribution in [3.05, 3.63) is 41.5 Å². The van der Waals surface area contributed by atoms with Crippen molar-refractivity contribution in [2.24, 2.45) is 0 Å². The van der Waals surface area contributed by atoms with Gasteiger partial charge in [0.1, 0.15) is 6.61 Å². The molecule has 0 amide bonds. The number of benzene rings is 2. The molecule has 0 bridgehead atoms. The van der Waals surface area contributed by atoms with E-state index in [2.05, 4.69) is 15.9 Å². The van der Waals surface area contributed by atoms with Crippen LogP contribution in [-0.2, 0) is 11.9 Å². The van der Waals surface area contributed by atoms with Crippen LogP contribution in [0.2, 0.25) is 0 Å². The molecule has 0 saturated carbocycles. The van der Waals surface area contributed by atoms with Crippen molar-refractivity contribution in [3.8, 4) is 28.7 Å². The Balaban J connectivity index is 2.23. The fourth-order valence-corrected chi connectivity index (χ4v) is 2.64. The number of alkyl halides is 1. The van der Waals surface area contributed by atoms with E-state index in [9.17, 15) is 0 Å². The zero-order valence-corrected chi connectivity index (χ0v) is 15.8.